The van der Waals surface area contributed by atoms with E-state index in [2.05, 4.69) is 32.9 Å². The molecule has 5 heteroatoms. The lowest BCUT2D eigenvalue weighted by atomic mass is 9.58. The molecule has 0 saturated heterocycles. The molecular formula is C28H32N2O3. The SMILES string of the molecule is CN(C)c1ccccc1C(=O)N1CC=C2C(C)(C)C(c3ccc(C(=O)O)cc3)=CC[C@]2(C)C1. The van der Waals surface area contributed by atoms with Crippen molar-refractivity contribution in [2.45, 2.75) is 27.2 Å². The molecule has 0 fully saturated rings. The van der Waals surface area contributed by atoms with Crippen LogP contribution in [-0.4, -0.2) is 49.1 Å². The highest BCUT2D eigenvalue weighted by Crippen LogP contribution is 2.55. The summed E-state index contributed by atoms with van der Waals surface area (Å²) in [4.78, 5) is 28.7. The highest BCUT2D eigenvalue weighted by molar-refractivity contribution is 6.00. The summed E-state index contributed by atoms with van der Waals surface area (Å²) in [5.41, 5.74) is 5.20. The molecule has 1 amide bonds. The predicted molar refractivity (Wildman–Crippen MR) is 133 cm³/mol. The van der Waals surface area contributed by atoms with Crippen LogP contribution in [0.25, 0.3) is 5.57 Å². The predicted octanol–water partition coefficient (Wildman–Crippen LogP) is 5.35. The minimum absolute atomic E-state index is 0.0627. The standard InChI is InChI=1S/C28H32N2O3/c1-27(2)22(19-10-12-20(13-11-19)26(32)33)14-16-28(3)18-30(17-15-24(27)28)25(31)21-8-6-7-9-23(21)29(4)5/h6-15H,16-18H2,1-5H3,(H,32,33)/t28-/m1/s1. The summed E-state index contributed by atoms with van der Waals surface area (Å²) in [6, 6.07) is 14.9. The highest BCUT2D eigenvalue weighted by atomic mass is 16.4. The lowest BCUT2D eigenvalue weighted by Crippen LogP contribution is -2.48. The van der Waals surface area contributed by atoms with Crippen molar-refractivity contribution in [3.8, 4) is 0 Å². The average Bonchev–Trinajstić information content (AvgIpc) is 2.78. The molecule has 1 aliphatic heterocycles. The summed E-state index contributed by atoms with van der Waals surface area (Å²) in [5.74, 6) is -0.853. The monoisotopic (exact) mass is 444 g/mol. The van der Waals surface area contributed by atoms with E-state index in [1.165, 1.54) is 11.1 Å². The molecule has 2 aromatic carbocycles. The van der Waals surface area contributed by atoms with Crippen LogP contribution in [0, 0.1) is 10.8 Å². The van der Waals surface area contributed by atoms with Crippen molar-refractivity contribution in [1.29, 1.82) is 0 Å². The van der Waals surface area contributed by atoms with E-state index < -0.39 is 5.97 Å². The Kier molecular flexibility index (Phi) is 5.69. The van der Waals surface area contributed by atoms with E-state index in [1.807, 2.05) is 60.3 Å². The summed E-state index contributed by atoms with van der Waals surface area (Å²) in [5, 5.41) is 9.22. The van der Waals surface area contributed by atoms with E-state index >= 15 is 0 Å². The minimum atomic E-state index is -0.915. The van der Waals surface area contributed by atoms with E-state index in [-0.39, 0.29) is 16.7 Å². The fraction of sp³-hybridized carbons (Fsp3) is 0.357. The molecule has 172 valence electrons. The molecule has 0 unspecified atom stereocenters. The first-order valence-electron chi connectivity index (χ1n) is 11.4. The third-order valence-corrected chi connectivity index (χ3v) is 7.16. The Morgan fingerprint density at radius 1 is 0.970 bits per heavy atom. The Hall–Kier alpha value is -3.34. The maximum Gasteiger partial charge on any atom is 0.335 e. The smallest absolute Gasteiger partial charge is 0.335 e. The van der Waals surface area contributed by atoms with Crippen molar-refractivity contribution >= 4 is 23.1 Å². The maximum atomic E-state index is 13.5. The van der Waals surface area contributed by atoms with Crippen LogP contribution in [0.15, 0.2) is 66.3 Å². The molecular weight excluding hydrogens is 412 g/mol. The van der Waals surface area contributed by atoms with Gasteiger partial charge in [-0.05, 0) is 41.8 Å². The molecule has 0 aromatic heterocycles. The summed E-state index contributed by atoms with van der Waals surface area (Å²) < 4.78 is 0. The van der Waals surface area contributed by atoms with Crippen molar-refractivity contribution < 1.29 is 14.7 Å². The zero-order valence-corrected chi connectivity index (χ0v) is 20.1. The topological polar surface area (TPSA) is 60.9 Å². The van der Waals surface area contributed by atoms with Crippen LogP contribution in [0.2, 0.25) is 0 Å². The number of allylic oxidation sites excluding steroid dienone is 2. The fourth-order valence-corrected chi connectivity index (χ4v) is 5.57. The number of rotatable bonds is 4. The molecule has 1 N–H and O–H groups in total. The van der Waals surface area contributed by atoms with Crippen molar-refractivity contribution in [3.05, 3.63) is 82.9 Å². The number of anilines is 1. The van der Waals surface area contributed by atoms with Crippen molar-refractivity contribution in [2.24, 2.45) is 10.8 Å². The summed E-state index contributed by atoms with van der Waals surface area (Å²) in [7, 11) is 3.92. The van der Waals surface area contributed by atoms with Crippen molar-refractivity contribution in [2.75, 3.05) is 32.1 Å². The fourth-order valence-electron chi connectivity index (χ4n) is 5.57. The number of amides is 1. The Morgan fingerprint density at radius 3 is 2.27 bits per heavy atom. The second-order valence-electron chi connectivity index (χ2n) is 10.1. The van der Waals surface area contributed by atoms with Crippen LogP contribution in [0.4, 0.5) is 5.69 Å². The number of para-hydroxylation sites is 1. The van der Waals surface area contributed by atoms with Gasteiger partial charge in [-0.2, -0.15) is 0 Å². The van der Waals surface area contributed by atoms with Gasteiger partial charge >= 0.3 is 5.97 Å². The molecule has 1 heterocycles. The molecule has 1 atom stereocenters. The highest BCUT2D eigenvalue weighted by Gasteiger charge is 2.46. The molecule has 4 rings (SSSR count). The lowest BCUT2D eigenvalue weighted by molar-refractivity contribution is 0.0679. The maximum absolute atomic E-state index is 13.5. The number of carbonyl (C=O) groups excluding carboxylic acids is 1. The van der Waals surface area contributed by atoms with Crippen LogP contribution in [0.3, 0.4) is 0 Å². The van der Waals surface area contributed by atoms with E-state index in [9.17, 15) is 14.7 Å². The number of hydrogen-bond donors (Lipinski definition) is 1. The molecule has 5 nitrogen and oxygen atoms in total. The van der Waals surface area contributed by atoms with E-state index in [0.29, 0.717) is 18.7 Å². The number of nitrogens with zero attached hydrogens (tertiary/aromatic N) is 2. The number of carbonyl (C=O) groups is 2. The van der Waals surface area contributed by atoms with Crippen LogP contribution >= 0.6 is 0 Å². The number of fused-ring (bicyclic) bond motifs is 1. The number of carboxylic acid groups (broad SMARTS) is 1. The van der Waals surface area contributed by atoms with Gasteiger partial charge in [-0.25, -0.2) is 4.79 Å². The summed E-state index contributed by atoms with van der Waals surface area (Å²) in [6.45, 7) is 7.96. The Morgan fingerprint density at radius 2 is 1.64 bits per heavy atom. The van der Waals surface area contributed by atoms with E-state index in [4.69, 9.17) is 0 Å². The van der Waals surface area contributed by atoms with E-state index in [1.54, 1.807) is 12.1 Å². The molecule has 0 spiro atoms. The Balaban J connectivity index is 1.64. The largest absolute Gasteiger partial charge is 0.478 e. The second-order valence-corrected chi connectivity index (χ2v) is 10.1. The van der Waals surface area contributed by atoms with Crippen LogP contribution < -0.4 is 4.90 Å². The molecule has 1 aliphatic carbocycles. The summed E-state index contributed by atoms with van der Waals surface area (Å²) in [6.07, 6.45) is 5.34. The Labute approximate surface area is 196 Å². The van der Waals surface area contributed by atoms with Gasteiger partial charge in [0.05, 0.1) is 11.1 Å². The number of hydrogen-bond acceptors (Lipinski definition) is 3. The van der Waals surface area contributed by atoms with Crippen molar-refractivity contribution in [3.63, 3.8) is 0 Å². The molecule has 0 radical (unpaired) electrons. The molecule has 33 heavy (non-hydrogen) atoms. The van der Waals surface area contributed by atoms with Crippen LogP contribution in [-0.2, 0) is 0 Å². The van der Waals surface area contributed by atoms with Crippen LogP contribution in [0.1, 0.15) is 53.5 Å². The van der Waals surface area contributed by atoms with Gasteiger partial charge in [0, 0.05) is 43.7 Å². The van der Waals surface area contributed by atoms with Gasteiger partial charge in [-0.1, -0.05) is 62.8 Å². The number of aromatic carboxylic acids is 1. The third-order valence-electron chi connectivity index (χ3n) is 7.16. The first-order chi connectivity index (χ1) is 15.5. The van der Waals surface area contributed by atoms with Gasteiger partial charge in [0.2, 0.25) is 0 Å². The first kappa shape index (κ1) is 22.8. The molecule has 0 bridgehead atoms. The summed E-state index contributed by atoms with van der Waals surface area (Å²) >= 11 is 0. The lowest BCUT2D eigenvalue weighted by Gasteiger charge is -2.50. The molecule has 2 aliphatic rings. The number of benzene rings is 2. The van der Waals surface area contributed by atoms with Gasteiger partial charge in [-0.15, -0.1) is 0 Å². The first-order valence-corrected chi connectivity index (χ1v) is 11.4. The third kappa shape index (κ3) is 3.97. The zero-order valence-electron chi connectivity index (χ0n) is 20.1. The van der Waals surface area contributed by atoms with Gasteiger partial charge in [0.1, 0.15) is 0 Å². The van der Waals surface area contributed by atoms with Gasteiger partial charge in [0.25, 0.3) is 5.91 Å². The normalized spacial score (nSPS) is 21.5. The quantitative estimate of drug-likeness (QED) is 0.646. The molecule has 2 aromatic rings. The number of carboxylic acids is 1. The van der Waals surface area contributed by atoms with E-state index in [0.717, 1.165) is 23.2 Å². The van der Waals surface area contributed by atoms with Crippen molar-refractivity contribution in [1.82, 2.24) is 4.90 Å². The Bertz CT molecular complexity index is 1160. The van der Waals surface area contributed by atoms with Crippen LogP contribution in [0.5, 0.6) is 0 Å². The second kappa shape index (κ2) is 8.22. The molecule has 0 saturated carbocycles. The minimum Gasteiger partial charge on any atom is -0.478 e. The van der Waals surface area contributed by atoms with Gasteiger partial charge in [0.15, 0.2) is 0 Å². The van der Waals surface area contributed by atoms with Gasteiger partial charge < -0.3 is 14.9 Å². The zero-order chi connectivity index (χ0) is 24.0. The average molecular weight is 445 g/mol. The van der Waals surface area contributed by atoms with Gasteiger partial charge in [-0.3, -0.25) is 4.79 Å².